The van der Waals surface area contributed by atoms with E-state index in [1.807, 2.05) is 12.1 Å². The van der Waals surface area contributed by atoms with Gasteiger partial charge in [-0.2, -0.15) is 0 Å². The number of methoxy groups -OCH3 is 1. The van der Waals surface area contributed by atoms with Crippen molar-refractivity contribution in [2.45, 2.75) is 13.0 Å². The van der Waals surface area contributed by atoms with Crippen molar-refractivity contribution in [1.29, 1.82) is 0 Å². The summed E-state index contributed by atoms with van der Waals surface area (Å²) in [5.41, 5.74) is 1.01. The van der Waals surface area contributed by atoms with Gasteiger partial charge in [0.15, 0.2) is 11.5 Å². The molecular formula is C12H16O4. The van der Waals surface area contributed by atoms with E-state index in [4.69, 9.17) is 14.2 Å². The molecule has 0 bridgehead atoms. The van der Waals surface area contributed by atoms with E-state index >= 15 is 0 Å². The summed E-state index contributed by atoms with van der Waals surface area (Å²) < 4.78 is 15.8. The molecule has 0 saturated carbocycles. The Kier molecular flexibility index (Phi) is 3.31. The molecule has 88 valence electrons. The van der Waals surface area contributed by atoms with Crippen LogP contribution in [0.15, 0.2) is 18.2 Å². The first-order valence-corrected chi connectivity index (χ1v) is 5.28. The van der Waals surface area contributed by atoms with Crippen LogP contribution in [0, 0.1) is 5.92 Å². The Labute approximate surface area is 94.8 Å². The maximum atomic E-state index is 9.51. The zero-order valence-corrected chi connectivity index (χ0v) is 9.47. The molecule has 0 aliphatic carbocycles. The summed E-state index contributed by atoms with van der Waals surface area (Å²) in [6.45, 7) is 3.08. The monoisotopic (exact) mass is 224 g/mol. The maximum Gasteiger partial charge on any atom is 0.160 e. The van der Waals surface area contributed by atoms with Gasteiger partial charge in [-0.1, -0.05) is 13.0 Å². The van der Waals surface area contributed by atoms with Gasteiger partial charge in [0.1, 0.15) is 6.79 Å². The molecule has 0 spiro atoms. The van der Waals surface area contributed by atoms with Crippen LogP contribution in [0.1, 0.15) is 18.6 Å². The Balaban J connectivity index is 2.25. The SMILES string of the molecule is COc1cc([C@@H]2OCOC[C@H]2C)ccc1O. The van der Waals surface area contributed by atoms with Crippen LogP contribution >= 0.6 is 0 Å². The van der Waals surface area contributed by atoms with E-state index in [-0.39, 0.29) is 11.9 Å². The molecule has 1 aliphatic heterocycles. The van der Waals surface area contributed by atoms with Crippen molar-refractivity contribution in [3.8, 4) is 11.5 Å². The molecular weight excluding hydrogens is 208 g/mol. The van der Waals surface area contributed by atoms with Crippen LogP contribution in [-0.4, -0.2) is 25.6 Å². The first-order valence-electron chi connectivity index (χ1n) is 5.28. The summed E-state index contributed by atoms with van der Waals surface area (Å²) in [7, 11) is 1.53. The average Bonchev–Trinajstić information content (AvgIpc) is 2.31. The van der Waals surface area contributed by atoms with Crippen LogP contribution in [-0.2, 0) is 9.47 Å². The molecule has 2 rings (SSSR count). The van der Waals surface area contributed by atoms with E-state index in [9.17, 15) is 5.11 Å². The largest absolute Gasteiger partial charge is 0.504 e. The Morgan fingerprint density at radius 2 is 2.25 bits per heavy atom. The Morgan fingerprint density at radius 1 is 1.44 bits per heavy atom. The molecule has 1 aromatic rings. The minimum Gasteiger partial charge on any atom is -0.504 e. The van der Waals surface area contributed by atoms with Gasteiger partial charge in [-0.25, -0.2) is 0 Å². The van der Waals surface area contributed by atoms with Gasteiger partial charge in [-0.15, -0.1) is 0 Å². The first kappa shape index (κ1) is 11.2. The normalized spacial score (nSPS) is 25.4. The van der Waals surface area contributed by atoms with Crippen LogP contribution in [0.4, 0.5) is 0 Å². The molecule has 1 N–H and O–H groups in total. The highest BCUT2D eigenvalue weighted by Gasteiger charge is 2.25. The molecule has 0 amide bonds. The second-order valence-electron chi connectivity index (χ2n) is 3.98. The minimum atomic E-state index is 0.00301. The standard InChI is InChI=1S/C12H16O4/c1-8-6-15-7-16-12(8)9-3-4-10(13)11(5-9)14-2/h3-5,8,12-13H,6-7H2,1-2H3/t8-,12-/m1/s1. The fourth-order valence-corrected chi connectivity index (χ4v) is 1.90. The lowest BCUT2D eigenvalue weighted by Crippen LogP contribution is -2.25. The average molecular weight is 224 g/mol. The molecule has 2 atom stereocenters. The van der Waals surface area contributed by atoms with Crippen LogP contribution in [0.3, 0.4) is 0 Å². The number of rotatable bonds is 2. The molecule has 4 nitrogen and oxygen atoms in total. The predicted molar refractivity (Wildman–Crippen MR) is 58.5 cm³/mol. The fourth-order valence-electron chi connectivity index (χ4n) is 1.90. The topological polar surface area (TPSA) is 47.9 Å². The van der Waals surface area contributed by atoms with E-state index < -0.39 is 0 Å². The van der Waals surface area contributed by atoms with Crippen LogP contribution in [0.5, 0.6) is 11.5 Å². The maximum absolute atomic E-state index is 9.51. The molecule has 0 aromatic heterocycles. The highest BCUT2D eigenvalue weighted by Crippen LogP contribution is 2.34. The fraction of sp³-hybridized carbons (Fsp3) is 0.500. The summed E-state index contributed by atoms with van der Waals surface area (Å²) in [4.78, 5) is 0. The van der Waals surface area contributed by atoms with Gasteiger partial charge < -0.3 is 19.3 Å². The number of ether oxygens (including phenoxy) is 3. The Hall–Kier alpha value is -1.26. The van der Waals surface area contributed by atoms with Gasteiger partial charge in [0, 0.05) is 5.92 Å². The van der Waals surface area contributed by atoms with Gasteiger partial charge in [0.2, 0.25) is 0 Å². The van der Waals surface area contributed by atoms with E-state index in [1.165, 1.54) is 7.11 Å². The first-order chi connectivity index (χ1) is 7.72. The molecule has 0 radical (unpaired) electrons. The Bertz CT molecular complexity index is 364. The number of hydrogen-bond acceptors (Lipinski definition) is 4. The smallest absolute Gasteiger partial charge is 0.160 e. The molecule has 1 aromatic carbocycles. The lowest BCUT2D eigenvalue weighted by Gasteiger charge is -2.29. The van der Waals surface area contributed by atoms with Crippen LogP contribution in [0.2, 0.25) is 0 Å². The molecule has 1 aliphatic rings. The summed E-state index contributed by atoms with van der Waals surface area (Å²) in [6, 6.07) is 5.28. The Morgan fingerprint density at radius 3 is 2.94 bits per heavy atom. The third kappa shape index (κ3) is 2.13. The quantitative estimate of drug-likeness (QED) is 0.835. The van der Waals surface area contributed by atoms with Gasteiger partial charge >= 0.3 is 0 Å². The van der Waals surface area contributed by atoms with Crippen molar-refractivity contribution in [2.24, 2.45) is 5.92 Å². The molecule has 1 saturated heterocycles. The summed E-state index contributed by atoms with van der Waals surface area (Å²) in [5, 5.41) is 9.51. The van der Waals surface area contributed by atoms with Crippen molar-refractivity contribution in [1.82, 2.24) is 0 Å². The number of hydrogen-bond donors (Lipinski definition) is 1. The third-order valence-corrected chi connectivity index (χ3v) is 2.76. The number of phenols is 1. The number of benzene rings is 1. The molecule has 16 heavy (non-hydrogen) atoms. The van der Waals surface area contributed by atoms with E-state index in [0.717, 1.165) is 5.56 Å². The lowest BCUT2D eigenvalue weighted by molar-refractivity contribution is -0.168. The third-order valence-electron chi connectivity index (χ3n) is 2.76. The van der Waals surface area contributed by atoms with Gasteiger partial charge in [-0.05, 0) is 17.7 Å². The van der Waals surface area contributed by atoms with Crippen molar-refractivity contribution >= 4 is 0 Å². The predicted octanol–water partition coefficient (Wildman–Crippen LogP) is 2.08. The summed E-state index contributed by atoms with van der Waals surface area (Å²) in [5.74, 6) is 0.911. The number of phenolic OH excluding ortho intramolecular Hbond substituents is 1. The molecule has 1 heterocycles. The zero-order chi connectivity index (χ0) is 11.5. The molecule has 4 heteroatoms. The van der Waals surface area contributed by atoms with E-state index in [2.05, 4.69) is 6.92 Å². The van der Waals surface area contributed by atoms with Crippen LogP contribution in [0.25, 0.3) is 0 Å². The summed E-state index contributed by atoms with van der Waals surface area (Å²) >= 11 is 0. The highest BCUT2D eigenvalue weighted by molar-refractivity contribution is 5.42. The summed E-state index contributed by atoms with van der Waals surface area (Å²) in [6.07, 6.45) is 0.00301. The second kappa shape index (κ2) is 4.72. The second-order valence-corrected chi connectivity index (χ2v) is 3.98. The van der Waals surface area contributed by atoms with Gasteiger partial charge in [0.05, 0.1) is 19.8 Å². The van der Waals surface area contributed by atoms with Gasteiger partial charge in [0.25, 0.3) is 0 Å². The molecule has 1 fully saturated rings. The van der Waals surface area contributed by atoms with Gasteiger partial charge in [-0.3, -0.25) is 0 Å². The van der Waals surface area contributed by atoms with Crippen molar-refractivity contribution in [3.63, 3.8) is 0 Å². The van der Waals surface area contributed by atoms with Crippen LogP contribution < -0.4 is 4.74 Å². The van der Waals surface area contributed by atoms with E-state index in [0.29, 0.717) is 25.1 Å². The van der Waals surface area contributed by atoms with Crippen molar-refractivity contribution in [3.05, 3.63) is 23.8 Å². The van der Waals surface area contributed by atoms with Crippen molar-refractivity contribution in [2.75, 3.05) is 20.5 Å². The van der Waals surface area contributed by atoms with E-state index in [1.54, 1.807) is 6.07 Å². The zero-order valence-electron chi connectivity index (χ0n) is 9.47. The number of aromatic hydroxyl groups is 1. The minimum absolute atomic E-state index is 0.00301. The molecule has 0 unspecified atom stereocenters. The highest BCUT2D eigenvalue weighted by atomic mass is 16.7. The van der Waals surface area contributed by atoms with Crippen molar-refractivity contribution < 1.29 is 19.3 Å². The lowest BCUT2D eigenvalue weighted by atomic mass is 9.97.